The van der Waals surface area contributed by atoms with Crippen molar-refractivity contribution in [1.29, 1.82) is 0 Å². The number of hydrogen-bond donors (Lipinski definition) is 2. The normalized spacial score (nSPS) is 15.8. The average molecular weight is 276 g/mol. The van der Waals surface area contributed by atoms with E-state index in [2.05, 4.69) is 15.5 Å². The molecule has 0 fully saturated rings. The van der Waals surface area contributed by atoms with Crippen LogP contribution in [0.5, 0.6) is 0 Å². The fraction of sp³-hybridized carbons (Fsp3) is 0.500. The lowest BCUT2D eigenvalue weighted by molar-refractivity contribution is 0.00592. The van der Waals surface area contributed by atoms with Gasteiger partial charge in [-0.3, -0.25) is 9.20 Å². The molecular weight excluding hydrogens is 256 g/mol. The molecule has 2 N–H and O–H groups in total. The topological polar surface area (TPSA) is 79.5 Å². The van der Waals surface area contributed by atoms with E-state index in [1.165, 1.54) is 0 Å². The molecule has 0 aliphatic rings. The molecule has 2 rings (SSSR count). The van der Waals surface area contributed by atoms with E-state index in [9.17, 15) is 9.90 Å². The predicted octanol–water partition coefficient (Wildman–Crippen LogP) is 1.26. The third-order valence-corrected chi connectivity index (χ3v) is 3.83. The summed E-state index contributed by atoms with van der Waals surface area (Å²) in [4.78, 5) is 12.1. The molecule has 0 radical (unpaired) electrons. The van der Waals surface area contributed by atoms with Crippen LogP contribution in [0.2, 0.25) is 0 Å². The van der Waals surface area contributed by atoms with Crippen LogP contribution in [0.3, 0.4) is 0 Å². The van der Waals surface area contributed by atoms with Crippen molar-refractivity contribution in [2.24, 2.45) is 5.92 Å². The zero-order valence-electron chi connectivity index (χ0n) is 12.0. The van der Waals surface area contributed by atoms with Gasteiger partial charge in [0.2, 0.25) is 0 Å². The van der Waals surface area contributed by atoms with Crippen molar-refractivity contribution in [2.75, 3.05) is 6.54 Å². The Morgan fingerprint density at radius 1 is 1.55 bits per heavy atom. The molecule has 0 spiro atoms. The number of fused-ring (bicyclic) bond motifs is 1. The first-order valence-corrected chi connectivity index (χ1v) is 6.74. The number of pyridine rings is 1. The minimum atomic E-state index is -0.912. The van der Waals surface area contributed by atoms with Crippen LogP contribution >= 0.6 is 0 Å². The summed E-state index contributed by atoms with van der Waals surface area (Å²) in [5, 5.41) is 20.7. The first-order valence-electron chi connectivity index (χ1n) is 6.74. The molecule has 1 amide bonds. The maximum atomic E-state index is 12.1. The molecule has 108 valence electrons. The SMILES string of the molecule is CCC(C)C(C)(O)CNC(=O)c1ccc2nncn2c1. The zero-order valence-corrected chi connectivity index (χ0v) is 12.0. The third kappa shape index (κ3) is 2.96. The smallest absolute Gasteiger partial charge is 0.252 e. The van der Waals surface area contributed by atoms with Crippen molar-refractivity contribution < 1.29 is 9.90 Å². The Morgan fingerprint density at radius 2 is 2.30 bits per heavy atom. The van der Waals surface area contributed by atoms with Gasteiger partial charge >= 0.3 is 0 Å². The molecule has 20 heavy (non-hydrogen) atoms. The summed E-state index contributed by atoms with van der Waals surface area (Å²) in [6.45, 7) is 5.95. The summed E-state index contributed by atoms with van der Waals surface area (Å²) in [6, 6.07) is 3.42. The summed E-state index contributed by atoms with van der Waals surface area (Å²) in [7, 11) is 0. The van der Waals surface area contributed by atoms with E-state index in [4.69, 9.17) is 0 Å². The Bertz CT molecular complexity index is 606. The van der Waals surface area contributed by atoms with Crippen molar-refractivity contribution in [3.63, 3.8) is 0 Å². The molecule has 0 aliphatic carbocycles. The van der Waals surface area contributed by atoms with Crippen LogP contribution in [0.25, 0.3) is 5.65 Å². The molecule has 2 heterocycles. The van der Waals surface area contributed by atoms with Gasteiger partial charge < -0.3 is 10.4 Å². The second-order valence-corrected chi connectivity index (χ2v) is 5.36. The van der Waals surface area contributed by atoms with Crippen LogP contribution in [0.1, 0.15) is 37.6 Å². The third-order valence-electron chi connectivity index (χ3n) is 3.83. The van der Waals surface area contributed by atoms with Gasteiger partial charge in [0.15, 0.2) is 5.65 Å². The van der Waals surface area contributed by atoms with Gasteiger partial charge in [0.05, 0.1) is 11.2 Å². The number of nitrogens with zero attached hydrogens (tertiary/aromatic N) is 3. The van der Waals surface area contributed by atoms with Gasteiger partial charge in [0.25, 0.3) is 5.91 Å². The average Bonchev–Trinajstić information content (AvgIpc) is 2.91. The molecule has 2 atom stereocenters. The van der Waals surface area contributed by atoms with E-state index in [-0.39, 0.29) is 18.4 Å². The number of carbonyl (C=O) groups is 1. The standard InChI is InChI=1S/C14H20N4O2/c1-4-10(2)14(3,20)8-15-13(19)11-5-6-12-17-16-9-18(12)7-11/h5-7,9-10,20H,4,8H2,1-3H3,(H,15,19). The van der Waals surface area contributed by atoms with Gasteiger partial charge in [-0.15, -0.1) is 10.2 Å². The lowest BCUT2D eigenvalue weighted by Gasteiger charge is -2.29. The van der Waals surface area contributed by atoms with Crippen molar-refractivity contribution >= 4 is 11.6 Å². The summed E-state index contributed by atoms with van der Waals surface area (Å²) in [5.41, 5.74) is 0.288. The van der Waals surface area contributed by atoms with E-state index in [0.717, 1.165) is 6.42 Å². The second-order valence-electron chi connectivity index (χ2n) is 5.36. The summed E-state index contributed by atoms with van der Waals surface area (Å²) in [5.74, 6) is -0.104. The fourth-order valence-electron chi connectivity index (χ4n) is 1.94. The van der Waals surface area contributed by atoms with Gasteiger partial charge in [-0.05, 0) is 25.0 Å². The van der Waals surface area contributed by atoms with Crippen LogP contribution in [0, 0.1) is 5.92 Å². The van der Waals surface area contributed by atoms with Gasteiger partial charge in [-0.2, -0.15) is 0 Å². The largest absolute Gasteiger partial charge is 0.388 e. The van der Waals surface area contributed by atoms with E-state index in [1.807, 2.05) is 13.8 Å². The molecule has 2 unspecified atom stereocenters. The van der Waals surface area contributed by atoms with E-state index >= 15 is 0 Å². The van der Waals surface area contributed by atoms with Crippen molar-refractivity contribution in [2.45, 2.75) is 32.8 Å². The number of amides is 1. The number of aromatic nitrogens is 3. The van der Waals surface area contributed by atoms with Crippen LogP contribution in [-0.2, 0) is 0 Å². The van der Waals surface area contributed by atoms with E-state index in [0.29, 0.717) is 11.2 Å². The van der Waals surface area contributed by atoms with Crippen molar-refractivity contribution in [1.82, 2.24) is 19.9 Å². The van der Waals surface area contributed by atoms with Crippen LogP contribution in [0.4, 0.5) is 0 Å². The molecule has 6 heteroatoms. The van der Waals surface area contributed by atoms with E-state index < -0.39 is 5.60 Å². The first kappa shape index (κ1) is 14.5. The van der Waals surface area contributed by atoms with Gasteiger partial charge in [-0.25, -0.2) is 0 Å². The highest BCUT2D eigenvalue weighted by atomic mass is 16.3. The number of carbonyl (C=O) groups excluding carboxylic acids is 1. The molecule has 0 aliphatic heterocycles. The fourth-order valence-corrected chi connectivity index (χ4v) is 1.94. The molecule has 2 aromatic heterocycles. The minimum absolute atomic E-state index is 0.114. The van der Waals surface area contributed by atoms with Gasteiger partial charge in [0, 0.05) is 12.7 Å². The summed E-state index contributed by atoms with van der Waals surface area (Å²) in [6.07, 6.45) is 4.07. The highest BCUT2D eigenvalue weighted by Gasteiger charge is 2.27. The number of hydrogen-bond acceptors (Lipinski definition) is 4. The predicted molar refractivity (Wildman–Crippen MR) is 75.4 cm³/mol. The maximum absolute atomic E-state index is 12.1. The van der Waals surface area contributed by atoms with Crippen molar-refractivity contribution in [3.8, 4) is 0 Å². The monoisotopic (exact) mass is 276 g/mol. The minimum Gasteiger partial charge on any atom is -0.388 e. The number of rotatable bonds is 5. The highest BCUT2D eigenvalue weighted by Crippen LogP contribution is 2.19. The Balaban J connectivity index is 2.04. The van der Waals surface area contributed by atoms with Crippen molar-refractivity contribution in [3.05, 3.63) is 30.2 Å². The van der Waals surface area contributed by atoms with Gasteiger partial charge in [0.1, 0.15) is 6.33 Å². The molecule has 2 aromatic rings. The van der Waals surface area contributed by atoms with Gasteiger partial charge in [-0.1, -0.05) is 20.3 Å². The summed E-state index contributed by atoms with van der Waals surface area (Å²) < 4.78 is 1.68. The Hall–Kier alpha value is -1.95. The van der Waals surface area contributed by atoms with Crippen LogP contribution in [-0.4, -0.2) is 37.8 Å². The Morgan fingerprint density at radius 3 is 3.00 bits per heavy atom. The number of nitrogens with one attached hydrogen (secondary N) is 1. The quantitative estimate of drug-likeness (QED) is 0.861. The molecule has 0 saturated carbocycles. The molecule has 0 saturated heterocycles. The van der Waals surface area contributed by atoms with E-state index in [1.54, 1.807) is 36.0 Å². The second kappa shape index (κ2) is 5.58. The first-order chi connectivity index (χ1) is 9.44. The Kier molecular flexibility index (Phi) is 4.04. The lowest BCUT2D eigenvalue weighted by Crippen LogP contribution is -2.45. The molecule has 6 nitrogen and oxygen atoms in total. The summed E-state index contributed by atoms with van der Waals surface area (Å²) >= 11 is 0. The molecule has 0 bridgehead atoms. The molecular formula is C14H20N4O2. The lowest BCUT2D eigenvalue weighted by atomic mass is 9.88. The highest BCUT2D eigenvalue weighted by molar-refractivity contribution is 5.94. The maximum Gasteiger partial charge on any atom is 0.252 e. The zero-order chi connectivity index (χ0) is 14.8. The Labute approximate surface area is 117 Å². The van der Waals surface area contributed by atoms with Crippen LogP contribution in [0.15, 0.2) is 24.7 Å². The molecule has 0 aromatic carbocycles. The number of aliphatic hydroxyl groups is 1. The van der Waals surface area contributed by atoms with Crippen LogP contribution < -0.4 is 5.32 Å².